The fourth-order valence-corrected chi connectivity index (χ4v) is 3.68. The molecule has 0 saturated heterocycles. The lowest BCUT2D eigenvalue weighted by molar-refractivity contribution is -0.137. The van der Waals surface area contributed by atoms with Crippen molar-refractivity contribution in [1.82, 2.24) is 9.55 Å². The van der Waals surface area contributed by atoms with Crippen molar-refractivity contribution < 1.29 is 9.90 Å². The zero-order chi connectivity index (χ0) is 15.1. The van der Waals surface area contributed by atoms with Crippen LogP contribution in [0.5, 0.6) is 0 Å². The van der Waals surface area contributed by atoms with Gasteiger partial charge in [-0.1, -0.05) is 0 Å². The number of aliphatic carboxylic acids is 1. The van der Waals surface area contributed by atoms with Gasteiger partial charge in [-0.15, -0.1) is 11.3 Å². The minimum Gasteiger partial charge on any atom is -0.480 e. The molecule has 0 radical (unpaired) electrons. The number of carbonyl (C=O) groups is 1. The van der Waals surface area contributed by atoms with E-state index in [0.29, 0.717) is 5.82 Å². The fourth-order valence-electron chi connectivity index (χ4n) is 2.30. The summed E-state index contributed by atoms with van der Waals surface area (Å²) in [6.45, 7) is 3.96. The van der Waals surface area contributed by atoms with Crippen LogP contribution in [-0.4, -0.2) is 20.6 Å². The van der Waals surface area contributed by atoms with Crippen LogP contribution in [0, 0.1) is 13.8 Å². The van der Waals surface area contributed by atoms with Gasteiger partial charge in [0.2, 0.25) is 0 Å². The SMILES string of the molecule is Cc1cc2nc(-c3ccc(Br)s3)n(CC(=O)O)c2cc1C. The van der Waals surface area contributed by atoms with E-state index in [1.807, 2.05) is 38.1 Å². The first-order chi connectivity index (χ1) is 9.95. The molecule has 0 aliphatic rings. The van der Waals surface area contributed by atoms with Crippen LogP contribution in [0.3, 0.4) is 0 Å². The normalized spacial score (nSPS) is 11.2. The van der Waals surface area contributed by atoms with Gasteiger partial charge in [0.1, 0.15) is 6.54 Å². The zero-order valence-corrected chi connectivity index (χ0v) is 14.0. The molecule has 0 saturated carbocycles. The lowest BCUT2D eigenvalue weighted by atomic mass is 10.1. The number of thiophene rings is 1. The van der Waals surface area contributed by atoms with Crippen molar-refractivity contribution in [1.29, 1.82) is 0 Å². The average molecular weight is 365 g/mol. The Balaban J connectivity index is 2.29. The van der Waals surface area contributed by atoms with Gasteiger partial charge in [0.05, 0.1) is 19.7 Å². The van der Waals surface area contributed by atoms with Crippen molar-refractivity contribution in [2.24, 2.45) is 0 Å². The van der Waals surface area contributed by atoms with E-state index in [0.717, 1.165) is 30.8 Å². The van der Waals surface area contributed by atoms with Gasteiger partial charge in [0, 0.05) is 0 Å². The molecule has 0 atom stereocenters. The molecule has 2 aromatic heterocycles. The Labute approximate surface area is 134 Å². The molecule has 1 aromatic carbocycles. The Morgan fingerprint density at radius 1 is 1.33 bits per heavy atom. The van der Waals surface area contributed by atoms with Gasteiger partial charge in [-0.2, -0.15) is 0 Å². The Morgan fingerprint density at radius 3 is 2.67 bits per heavy atom. The molecule has 0 aliphatic carbocycles. The van der Waals surface area contributed by atoms with E-state index in [2.05, 4.69) is 20.9 Å². The first-order valence-electron chi connectivity index (χ1n) is 6.40. The summed E-state index contributed by atoms with van der Waals surface area (Å²) in [5, 5.41) is 9.19. The molecule has 3 aromatic rings. The van der Waals surface area contributed by atoms with Crippen molar-refractivity contribution in [2.75, 3.05) is 0 Å². The molecular formula is C15H13BrN2O2S. The van der Waals surface area contributed by atoms with E-state index in [1.54, 1.807) is 15.9 Å². The smallest absolute Gasteiger partial charge is 0.323 e. The zero-order valence-electron chi connectivity index (χ0n) is 11.6. The number of imidazole rings is 1. The van der Waals surface area contributed by atoms with E-state index >= 15 is 0 Å². The maximum Gasteiger partial charge on any atom is 0.323 e. The minimum atomic E-state index is -0.871. The highest BCUT2D eigenvalue weighted by Crippen LogP contribution is 2.33. The number of fused-ring (bicyclic) bond motifs is 1. The molecule has 0 bridgehead atoms. The maximum atomic E-state index is 11.2. The lowest BCUT2D eigenvalue weighted by Crippen LogP contribution is -2.09. The summed E-state index contributed by atoms with van der Waals surface area (Å²) in [4.78, 5) is 16.8. The first kappa shape index (κ1) is 14.3. The number of hydrogen-bond donors (Lipinski definition) is 1. The van der Waals surface area contributed by atoms with E-state index in [-0.39, 0.29) is 6.54 Å². The number of nitrogens with zero attached hydrogens (tertiary/aromatic N) is 2. The summed E-state index contributed by atoms with van der Waals surface area (Å²) < 4.78 is 2.77. The van der Waals surface area contributed by atoms with Crippen LogP contribution >= 0.6 is 27.3 Å². The Bertz CT molecular complexity index is 851. The first-order valence-corrected chi connectivity index (χ1v) is 8.01. The average Bonchev–Trinajstić information content (AvgIpc) is 2.95. The highest BCUT2D eigenvalue weighted by atomic mass is 79.9. The fraction of sp³-hybridized carbons (Fsp3) is 0.200. The molecule has 2 heterocycles. The summed E-state index contributed by atoms with van der Waals surface area (Å²) in [7, 11) is 0. The molecular weight excluding hydrogens is 352 g/mol. The highest BCUT2D eigenvalue weighted by Gasteiger charge is 2.17. The Hall–Kier alpha value is -1.66. The third kappa shape index (κ3) is 2.61. The summed E-state index contributed by atoms with van der Waals surface area (Å²) >= 11 is 4.98. The van der Waals surface area contributed by atoms with Crippen LogP contribution in [0.15, 0.2) is 28.1 Å². The van der Waals surface area contributed by atoms with Crippen molar-refractivity contribution >= 4 is 44.3 Å². The summed E-state index contributed by atoms with van der Waals surface area (Å²) in [6.07, 6.45) is 0. The standard InChI is InChI=1S/C15H13BrN2O2S/c1-8-5-10-11(6-9(8)2)18(7-14(19)20)15(17-10)12-3-4-13(16)21-12/h3-6H,7H2,1-2H3,(H,19,20). The van der Waals surface area contributed by atoms with Crippen LogP contribution in [-0.2, 0) is 11.3 Å². The van der Waals surface area contributed by atoms with Gasteiger partial charge >= 0.3 is 5.97 Å². The third-order valence-electron chi connectivity index (χ3n) is 3.45. The lowest BCUT2D eigenvalue weighted by Gasteiger charge is -2.06. The third-order valence-corrected chi connectivity index (χ3v) is 5.07. The van der Waals surface area contributed by atoms with Crippen LogP contribution in [0.4, 0.5) is 0 Å². The Morgan fingerprint density at radius 2 is 2.05 bits per heavy atom. The van der Waals surface area contributed by atoms with Gasteiger partial charge in [0.25, 0.3) is 0 Å². The molecule has 108 valence electrons. The van der Waals surface area contributed by atoms with Crippen molar-refractivity contribution in [3.05, 3.63) is 39.2 Å². The van der Waals surface area contributed by atoms with E-state index < -0.39 is 5.97 Å². The van der Waals surface area contributed by atoms with Gasteiger partial charge in [-0.25, -0.2) is 4.98 Å². The highest BCUT2D eigenvalue weighted by molar-refractivity contribution is 9.11. The number of carboxylic acid groups (broad SMARTS) is 1. The molecule has 0 spiro atoms. The number of carboxylic acids is 1. The van der Waals surface area contributed by atoms with Gasteiger partial charge in [-0.3, -0.25) is 4.79 Å². The van der Waals surface area contributed by atoms with Crippen molar-refractivity contribution in [3.8, 4) is 10.7 Å². The topological polar surface area (TPSA) is 55.1 Å². The van der Waals surface area contributed by atoms with Gasteiger partial charge < -0.3 is 9.67 Å². The monoisotopic (exact) mass is 364 g/mol. The molecule has 6 heteroatoms. The quantitative estimate of drug-likeness (QED) is 0.756. The van der Waals surface area contributed by atoms with Crippen LogP contribution in [0.2, 0.25) is 0 Å². The molecule has 0 amide bonds. The summed E-state index contributed by atoms with van der Waals surface area (Å²) in [6, 6.07) is 7.91. The maximum absolute atomic E-state index is 11.2. The number of aromatic nitrogens is 2. The Kier molecular flexibility index (Phi) is 3.59. The molecule has 0 fully saturated rings. The van der Waals surface area contributed by atoms with Gasteiger partial charge in [-0.05, 0) is 65.2 Å². The molecule has 0 unspecified atom stereocenters. The van der Waals surface area contributed by atoms with E-state index in [9.17, 15) is 9.90 Å². The molecule has 3 rings (SSSR count). The van der Waals surface area contributed by atoms with Crippen molar-refractivity contribution in [3.63, 3.8) is 0 Å². The van der Waals surface area contributed by atoms with Gasteiger partial charge in [0.15, 0.2) is 5.82 Å². The predicted molar refractivity (Wildman–Crippen MR) is 87.9 cm³/mol. The minimum absolute atomic E-state index is 0.0934. The predicted octanol–water partition coefficient (Wildman–Crippen LogP) is 4.23. The number of benzene rings is 1. The number of hydrogen-bond acceptors (Lipinski definition) is 3. The largest absolute Gasteiger partial charge is 0.480 e. The second-order valence-electron chi connectivity index (χ2n) is 4.94. The number of halogens is 1. The van der Waals surface area contributed by atoms with E-state index in [1.165, 1.54) is 0 Å². The number of aryl methyl sites for hydroxylation is 2. The summed E-state index contributed by atoms with van der Waals surface area (Å²) in [5.41, 5.74) is 3.98. The van der Waals surface area contributed by atoms with Crippen LogP contribution in [0.1, 0.15) is 11.1 Å². The van der Waals surface area contributed by atoms with Crippen molar-refractivity contribution in [2.45, 2.75) is 20.4 Å². The molecule has 0 aliphatic heterocycles. The molecule has 4 nitrogen and oxygen atoms in total. The number of rotatable bonds is 3. The second kappa shape index (κ2) is 5.27. The summed E-state index contributed by atoms with van der Waals surface area (Å²) in [5.74, 6) is -0.169. The van der Waals surface area contributed by atoms with Crippen LogP contribution < -0.4 is 0 Å². The molecule has 21 heavy (non-hydrogen) atoms. The van der Waals surface area contributed by atoms with Crippen LogP contribution in [0.25, 0.3) is 21.7 Å². The van der Waals surface area contributed by atoms with E-state index in [4.69, 9.17) is 0 Å². The second-order valence-corrected chi connectivity index (χ2v) is 7.41. The molecule has 1 N–H and O–H groups in total.